The van der Waals surface area contributed by atoms with E-state index in [1.165, 1.54) is 12.8 Å². The molecule has 15 heteroatoms. The predicted octanol–water partition coefficient (Wildman–Crippen LogP) is 9.85. The van der Waals surface area contributed by atoms with Crippen molar-refractivity contribution in [2.45, 2.75) is 219 Å². The Morgan fingerprint density at radius 2 is 0.631 bits per heavy atom. The number of carbonyl (C=O) groups excluding carboxylic acids is 7. The first kappa shape index (κ1) is 61.2. The highest BCUT2D eigenvalue weighted by Gasteiger charge is 2.49. The first-order valence-electron chi connectivity index (χ1n) is 25.2. The van der Waals surface area contributed by atoms with Crippen molar-refractivity contribution in [1.29, 1.82) is 0 Å². The number of ether oxygens (including phenoxy) is 7. The smallest absolute Gasteiger partial charge is 0.351 e. The average Bonchev–Trinajstić information content (AvgIpc) is 3.27. The van der Waals surface area contributed by atoms with Crippen molar-refractivity contribution in [3.63, 3.8) is 0 Å². The molecule has 0 saturated carbocycles. The summed E-state index contributed by atoms with van der Waals surface area (Å²) in [7, 11) is 3.52. The lowest BCUT2D eigenvalue weighted by atomic mass is 9.94. The van der Waals surface area contributed by atoms with Crippen molar-refractivity contribution in [3.05, 3.63) is 0 Å². The van der Waals surface area contributed by atoms with Gasteiger partial charge in [-0.3, -0.25) is 28.8 Å². The highest BCUT2D eigenvalue weighted by molar-refractivity contribution is 5.92. The quantitative estimate of drug-likeness (QED) is 0.0319. The maximum atomic E-state index is 13.9. The van der Waals surface area contributed by atoms with Crippen molar-refractivity contribution in [2.24, 2.45) is 0 Å². The molecule has 0 bridgehead atoms. The third kappa shape index (κ3) is 38.1. The first-order chi connectivity index (χ1) is 31.4. The Balaban J connectivity index is 5.45. The summed E-state index contributed by atoms with van der Waals surface area (Å²) in [6, 6.07) is 0. The van der Waals surface area contributed by atoms with E-state index < -0.39 is 42.3 Å². The fourth-order valence-electron chi connectivity index (χ4n) is 6.68. The van der Waals surface area contributed by atoms with E-state index in [4.69, 9.17) is 33.2 Å². The van der Waals surface area contributed by atoms with Gasteiger partial charge in [-0.1, -0.05) is 97.8 Å². The predicted molar refractivity (Wildman–Crippen MR) is 249 cm³/mol. The maximum Gasteiger partial charge on any atom is 0.351 e. The van der Waals surface area contributed by atoms with E-state index >= 15 is 0 Å². The molecular formula is C50H89NO14. The van der Waals surface area contributed by atoms with Crippen LogP contribution in [-0.2, 0) is 66.7 Å². The fourth-order valence-corrected chi connectivity index (χ4v) is 6.68. The Morgan fingerprint density at radius 1 is 0.338 bits per heavy atom. The van der Waals surface area contributed by atoms with Gasteiger partial charge < -0.3 is 38.1 Å². The number of nitrogens with zero attached hydrogens (tertiary/aromatic N) is 1. The molecule has 0 unspecified atom stereocenters. The van der Waals surface area contributed by atoms with Crippen molar-refractivity contribution < 1.29 is 66.7 Å². The van der Waals surface area contributed by atoms with Crippen molar-refractivity contribution in [1.82, 2.24) is 4.90 Å². The second-order valence-corrected chi connectivity index (χ2v) is 17.3. The highest BCUT2D eigenvalue weighted by atomic mass is 16.6. The van der Waals surface area contributed by atoms with Gasteiger partial charge in [-0.2, -0.15) is 0 Å². The van der Waals surface area contributed by atoms with Crippen LogP contribution in [0.15, 0.2) is 0 Å². The van der Waals surface area contributed by atoms with Gasteiger partial charge in [0.1, 0.15) is 0 Å². The number of unbranched alkanes of at least 4 members (excludes halogenated alkanes) is 18. The van der Waals surface area contributed by atoms with Gasteiger partial charge in [0.25, 0.3) is 0 Å². The van der Waals surface area contributed by atoms with E-state index in [2.05, 4.69) is 20.8 Å². The van der Waals surface area contributed by atoms with Crippen LogP contribution >= 0.6 is 0 Å². The molecule has 0 aliphatic heterocycles. The molecule has 0 heterocycles. The van der Waals surface area contributed by atoms with E-state index in [1.807, 2.05) is 0 Å². The molecule has 0 fully saturated rings. The van der Waals surface area contributed by atoms with Gasteiger partial charge in [-0.15, -0.1) is 0 Å². The molecule has 0 spiro atoms. The number of hydrogen-bond donors (Lipinski definition) is 0. The first-order valence-corrected chi connectivity index (χ1v) is 25.2. The van der Waals surface area contributed by atoms with Gasteiger partial charge in [0.2, 0.25) is 5.60 Å². The lowest BCUT2D eigenvalue weighted by Crippen LogP contribution is -2.49. The molecule has 65 heavy (non-hydrogen) atoms. The standard InChI is InChI=1S/C50H89NO14/c1-6-9-12-15-24-35-59-43(52)30-21-18-27-38-62-47(56)41-50(65-46(55)33-34-51(4)5,49(58)64-40-29-20-23-32-45(54)61-37-26-17-14-11-8-3)42-48(57)63-39-28-19-22-31-44(53)60-36-25-16-13-10-7-2/h6-42H2,1-5H3. The molecule has 0 atom stereocenters. The lowest BCUT2D eigenvalue weighted by Gasteiger charge is -2.30. The van der Waals surface area contributed by atoms with Crippen LogP contribution in [0.1, 0.15) is 213 Å². The molecule has 0 N–H and O–H groups in total. The molecule has 0 aromatic rings. The molecule has 0 rings (SSSR count). The molecule has 0 aromatic heterocycles. The summed E-state index contributed by atoms with van der Waals surface area (Å²) in [5.74, 6) is -4.48. The zero-order chi connectivity index (χ0) is 48.2. The zero-order valence-electron chi connectivity index (χ0n) is 41.3. The van der Waals surface area contributed by atoms with Crippen LogP contribution in [0.4, 0.5) is 0 Å². The monoisotopic (exact) mass is 928 g/mol. The van der Waals surface area contributed by atoms with Crippen LogP contribution in [0.25, 0.3) is 0 Å². The van der Waals surface area contributed by atoms with Crippen LogP contribution in [0, 0.1) is 0 Å². The van der Waals surface area contributed by atoms with Crippen molar-refractivity contribution in [2.75, 3.05) is 60.3 Å². The van der Waals surface area contributed by atoms with Crippen LogP contribution < -0.4 is 0 Å². The Labute approximate surface area is 391 Å². The Morgan fingerprint density at radius 3 is 0.954 bits per heavy atom. The summed E-state index contributed by atoms with van der Waals surface area (Å²) >= 11 is 0. The largest absolute Gasteiger partial charge is 0.466 e. The number of esters is 7. The zero-order valence-corrected chi connectivity index (χ0v) is 41.3. The van der Waals surface area contributed by atoms with E-state index in [1.54, 1.807) is 19.0 Å². The molecule has 378 valence electrons. The molecular weight excluding hydrogens is 839 g/mol. The van der Waals surface area contributed by atoms with Gasteiger partial charge in [0.05, 0.1) is 58.9 Å². The Bertz CT molecular complexity index is 1220. The van der Waals surface area contributed by atoms with Crippen molar-refractivity contribution >= 4 is 41.8 Å². The van der Waals surface area contributed by atoms with Crippen molar-refractivity contribution in [3.8, 4) is 0 Å². The molecule has 0 amide bonds. The third-order valence-electron chi connectivity index (χ3n) is 10.7. The molecule has 0 aliphatic rings. The van der Waals surface area contributed by atoms with Crippen LogP contribution in [0.2, 0.25) is 0 Å². The van der Waals surface area contributed by atoms with Gasteiger partial charge >= 0.3 is 41.8 Å². The maximum absolute atomic E-state index is 13.9. The van der Waals surface area contributed by atoms with Gasteiger partial charge in [-0.25, -0.2) is 4.79 Å². The van der Waals surface area contributed by atoms with E-state index in [0.717, 1.165) is 83.5 Å². The van der Waals surface area contributed by atoms with Gasteiger partial charge in [0.15, 0.2) is 0 Å². The third-order valence-corrected chi connectivity index (χ3v) is 10.7. The summed E-state index contributed by atoms with van der Waals surface area (Å²) in [5.41, 5.74) is -2.36. The van der Waals surface area contributed by atoms with E-state index in [-0.39, 0.29) is 70.0 Å². The van der Waals surface area contributed by atoms with E-state index in [9.17, 15) is 33.6 Å². The van der Waals surface area contributed by atoms with Gasteiger partial charge in [0, 0.05) is 25.8 Å². The second-order valence-electron chi connectivity index (χ2n) is 17.3. The Hall–Kier alpha value is -3.75. The van der Waals surface area contributed by atoms with Crippen LogP contribution in [-0.4, -0.2) is 113 Å². The minimum atomic E-state index is -2.36. The summed E-state index contributed by atoms with van der Waals surface area (Å²) in [5, 5.41) is 0. The number of carbonyl (C=O) groups is 7. The Kier molecular flexibility index (Phi) is 40.4. The summed E-state index contributed by atoms with van der Waals surface area (Å²) < 4.78 is 38.1. The average molecular weight is 928 g/mol. The summed E-state index contributed by atoms with van der Waals surface area (Å²) in [6.45, 7) is 7.75. The highest BCUT2D eigenvalue weighted by Crippen LogP contribution is 2.27. The topological polar surface area (TPSA) is 187 Å². The normalized spacial score (nSPS) is 11.2. The SMILES string of the molecule is CCCCCCCOC(=O)CCCCCOC(=O)CC(CC(=O)OCCCCCC(=O)OCCCCCCC)(OC(=O)CCN(C)C)C(=O)OCCCCCC(=O)OCCCCCCC. The van der Waals surface area contributed by atoms with Crippen LogP contribution in [0.3, 0.4) is 0 Å². The summed E-state index contributed by atoms with van der Waals surface area (Å²) in [4.78, 5) is 91.9. The number of hydrogen-bond acceptors (Lipinski definition) is 15. The second kappa shape index (κ2) is 42.9. The number of rotatable bonds is 45. The molecule has 0 aliphatic carbocycles. The molecule has 0 radical (unpaired) electrons. The molecule has 15 nitrogen and oxygen atoms in total. The lowest BCUT2D eigenvalue weighted by molar-refractivity contribution is -0.191. The minimum absolute atomic E-state index is 0.0246. The molecule has 0 aromatic carbocycles. The minimum Gasteiger partial charge on any atom is -0.466 e. The van der Waals surface area contributed by atoms with Gasteiger partial charge in [-0.05, 0) is 91.1 Å². The summed E-state index contributed by atoms with van der Waals surface area (Å²) in [6.07, 6.45) is 19.4. The van der Waals surface area contributed by atoms with Crippen LogP contribution in [0.5, 0.6) is 0 Å². The van der Waals surface area contributed by atoms with E-state index in [0.29, 0.717) is 77.6 Å². The molecule has 0 saturated heterocycles. The fraction of sp³-hybridized carbons (Fsp3) is 0.860.